The van der Waals surface area contributed by atoms with Gasteiger partial charge in [-0.1, -0.05) is 6.07 Å². The van der Waals surface area contributed by atoms with Gasteiger partial charge in [0.2, 0.25) is 5.91 Å². The average Bonchev–Trinajstić information content (AvgIpc) is 3.00. The maximum atomic E-state index is 12.4. The first-order chi connectivity index (χ1) is 10.7. The third-order valence-corrected chi connectivity index (χ3v) is 5.19. The standard InChI is InChI=1S/C17H21N3OS/c1-13-10-19-17(22-13)15-5-3-9-20(12-15)16(21)7-6-14-4-2-8-18-11-14/h2,4,8,10-11,15H,3,5-7,9,12H2,1H3. The summed E-state index contributed by atoms with van der Waals surface area (Å²) in [5, 5.41) is 1.18. The van der Waals surface area contributed by atoms with Crippen LogP contribution in [0, 0.1) is 6.92 Å². The highest BCUT2D eigenvalue weighted by molar-refractivity contribution is 7.11. The molecule has 0 N–H and O–H groups in total. The minimum Gasteiger partial charge on any atom is -0.342 e. The third-order valence-electron chi connectivity index (χ3n) is 4.11. The lowest BCUT2D eigenvalue weighted by atomic mass is 9.98. The van der Waals surface area contributed by atoms with Crippen molar-refractivity contribution in [3.05, 3.63) is 46.2 Å². The topological polar surface area (TPSA) is 46.1 Å². The normalized spacial score (nSPS) is 18.4. The number of hydrogen-bond donors (Lipinski definition) is 0. The molecule has 0 spiro atoms. The number of carbonyl (C=O) groups excluding carboxylic acids is 1. The Balaban J connectivity index is 1.56. The Morgan fingerprint density at radius 1 is 1.45 bits per heavy atom. The van der Waals surface area contributed by atoms with Crippen molar-refractivity contribution in [1.82, 2.24) is 14.9 Å². The lowest BCUT2D eigenvalue weighted by molar-refractivity contribution is -0.132. The lowest BCUT2D eigenvalue weighted by Gasteiger charge is -2.32. The summed E-state index contributed by atoms with van der Waals surface area (Å²) in [4.78, 5) is 24.3. The lowest BCUT2D eigenvalue weighted by Crippen LogP contribution is -2.39. The molecule has 116 valence electrons. The molecule has 1 unspecified atom stereocenters. The van der Waals surface area contributed by atoms with E-state index in [0.29, 0.717) is 12.3 Å². The van der Waals surface area contributed by atoms with E-state index < -0.39 is 0 Å². The van der Waals surface area contributed by atoms with E-state index in [1.54, 1.807) is 17.5 Å². The second-order valence-electron chi connectivity index (χ2n) is 5.85. The summed E-state index contributed by atoms with van der Waals surface area (Å²) >= 11 is 1.76. The van der Waals surface area contributed by atoms with E-state index in [1.807, 2.05) is 29.4 Å². The fourth-order valence-electron chi connectivity index (χ4n) is 2.92. The molecule has 1 saturated heterocycles. The molecule has 3 heterocycles. The largest absolute Gasteiger partial charge is 0.342 e. The van der Waals surface area contributed by atoms with Crippen molar-refractivity contribution in [3.8, 4) is 0 Å². The van der Waals surface area contributed by atoms with Gasteiger partial charge >= 0.3 is 0 Å². The van der Waals surface area contributed by atoms with E-state index in [0.717, 1.165) is 37.9 Å². The number of aromatic nitrogens is 2. The van der Waals surface area contributed by atoms with Crippen molar-refractivity contribution in [2.45, 2.75) is 38.5 Å². The van der Waals surface area contributed by atoms with Gasteiger partial charge in [-0.2, -0.15) is 0 Å². The fraction of sp³-hybridized carbons (Fsp3) is 0.471. The molecule has 2 aromatic rings. The van der Waals surface area contributed by atoms with Gasteiger partial charge in [0.15, 0.2) is 0 Å². The third kappa shape index (κ3) is 3.71. The SMILES string of the molecule is Cc1cnc(C2CCCN(C(=O)CCc3cccnc3)C2)s1. The molecule has 0 bridgehead atoms. The maximum Gasteiger partial charge on any atom is 0.222 e. The fourth-order valence-corrected chi connectivity index (χ4v) is 3.82. The predicted molar refractivity (Wildman–Crippen MR) is 88.0 cm³/mol. The summed E-state index contributed by atoms with van der Waals surface area (Å²) in [5.41, 5.74) is 1.12. The van der Waals surface area contributed by atoms with E-state index in [2.05, 4.69) is 16.9 Å². The molecule has 0 saturated carbocycles. The molecule has 0 aromatic carbocycles. The zero-order valence-electron chi connectivity index (χ0n) is 12.9. The molecule has 1 amide bonds. The summed E-state index contributed by atoms with van der Waals surface area (Å²) in [7, 11) is 0. The zero-order valence-corrected chi connectivity index (χ0v) is 13.7. The highest BCUT2D eigenvalue weighted by Crippen LogP contribution is 2.30. The van der Waals surface area contributed by atoms with Crippen LogP contribution in [-0.4, -0.2) is 33.9 Å². The van der Waals surface area contributed by atoms with Crippen LogP contribution < -0.4 is 0 Å². The van der Waals surface area contributed by atoms with E-state index in [9.17, 15) is 4.79 Å². The van der Waals surface area contributed by atoms with Crippen LogP contribution in [0.4, 0.5) is 0 Å². The van der Waals surface area contributed by atoms with Gasteiger partial charge in [0, 0.05) is 48.9 Å². The number of hydrogen-bond acceptors (Lipinski definition) is 4. The Hall–Kier alpha value is -1.75. The summed E-state index contributed by atoms with van der Waals surface area (Å²) in [6.45, 7) is 3.78. The van der Waals surface area contributed by atoms with Crippen LogP contribution >= 0.6 is 11.3 Å². The van der Waals surface area contributed by atoms with Gasteiger partial charge in [-0.3, -0.25) is 9.78 Å². The van der Waals surface area contributed by atoms with Crippen LogP contribution in [0.2, 0.25) is 0 Å². The maximum absolute atomic E-state index is 12.4. The number of thiazole rings is 1. The average molecular weight is 315 g/mol. The predicted octanol–water partition coefficient (Wildman–Crippen LogP) is 3.19. The molecule has 1 aliphatic rings. The Bertz CT molecular complexity index is 626. The van der Waals surface area contributed by atoms with E-state index in [1.165, 1.54) is 9.88 Å². The Morgan fingerprint density at radius 3 is 3.09 bits per heavy atom. The number of rotatable bonds is 4. The van der Waals surface area contributed by atoms with Gasteiger partial charge in [-0.05, 0) is 37.8 Å². The smallest absolute Gasteiger partial charge is 0.222 e. The van der Waals surface area contributed by atoms with Crippen molar-refractivity contribution in [3.63, 3.8) is 0 Å². The Morgan fingerprint density at radius 2 is 2.36 bits per heavy atom. The van der Waals surface area contributed by atoms with Crippen LogP contribution in [0.1, 0.15) is 40.6 Å². The van der Waals surface area contributed by atoms with Crippen molar-refractivity contribution in [2.24, 2.45) is 0 Å². The van der Waals surface area contributed by atoms with Gasteiger partial charge in [0.05, 0.1) is 5.01 Å². The number of piperidine rings is 1. The van der Waals surface area contributed by atoms with Crippen molar-refractivity contribution < 1.29 is 4.79 Å². The van der Waals surface area contributed by atoms with E-state index >= 15 is 0 Å². The summed E-state index contributed by atoms with van der Waals surface area (Å²) < 4.78 is 0. The summed E-state index contributed by atoms with van der Waals surface area (Å²) in [5.74, 6) is 0.664. The molecule has 0 radical (unpaired) electrons. The highest BCUT2D eigenvalue weighted by Gasteiger charge is 2.26. The van der Waals surface area contributed by atoms with Crippen LogP contribution in [0.15, 0.2) is 30.7 Å². The molecule has 0 aliphatic carbocycles. The second kappa shape index (κ2) is 7.01. The van der Waals surface area contributed by atoms with Crippen molar-refractivity contribution >= 4 is 17.2 Å². The highest BCUT2D eigenvalue weighted by atomic mass is 32.1. The first kappa shape index (κ1) is 15.2. The van der Waals surface area contributed by atoms with Gasteiger partial charge < -0.3 is 4.90 Å². The molecule has 3 rings (SSSR count). The van der Waals surface area contributed by atoms with Crippen LogP contribution in [0.3, 0.4) is 0 Å². The second-order valence-corrected chi connectivity index (χ2v) is 7.12. The molecule has 5 heteroatoms. The van der Waals surface area contributed by atoms with E-state index in [-0.39, 0.29) is 5.91 Å². The van der Waals surface area contributed by atoms with Crippen LogP contribution in [-0.2, 0) is 11.2 Å². The number of pyridine rings is 1. The van der Waals surface area contributed by atoms with Gasteiger partial charge in [-0.15, -0.1) is 11.3 Å². The molecule has 2 aromatic heterocycles. The Kier molecular flexibility index (Phi) is 4.83. The van der Waals surface area contributed by atoms with Crippen LogP contribution in [0.5, 0.6) is 0 Å². The summed E-state index contributed by atoms with van der Waals surface area (Å²) in [6.07, 6.45) is 9.07. The van der Waals surface area contributed by atoms with Gasteiger partial charge in [-0.25, -0.2) is 4.98 Å². The van der Waals surface area contributed by atoms with Gasteiger partial charge in [0.25, 0.3) is 0 Å². The number of carbonyl (C=O) groups is 1. The minimum atomic E-state index is 0.252. The molecular weight excluding hydrogens is 294 g/mol. The van der Waals surface area contributed by atoms with Crippen molar-refractivity contribution in [1.29, 1.82) is 0 Å². The monoisotopic (exact) mass is 315 g/mol. The summed E-state index contributed by atoms with van der Waals surface area (Å²) in [6, 6.07) is 3.94. The zero-order chi connectivity index (χ0) is 15.4. The number of nitrogens with zero attached hydrogens (tertiary/aromatic N) is 3. The molecular formula is C17H21N3OS. The first-order valence-corrected chi connectivity index (χ1v) is 8.63. The first-order valence-electron chi connectivity index (χ1n) is 7.81. The van der Waals surface area contributed by atoms with Gasteiger partial charge in [0.1, 0.15) is 0 Å². The minimum absolute atomic E-state index is 0.252. The van der Waals surface area contributed by atoms with E-state index in [4.69, 9.17) is 0 Å². The van der Waals surface area contributed by atoms with Crippen LogP contribution in [0.25, 0.3) is 0 Å². The molecule has 1 atom stereocenters. The number of amides is 1. The van der Waals surface area contributed by atoms with Crippen molar-refractivity contribution in [2.75, 3.05) is 13.1 Å². The Labute approximate surface area is 135 Å². The number of likely N-dealkylation sites (tertiary alicyclic amines) is 1. The molecule has 22 heavy (non-hydrogen) atoms. The molecule has 4 nitrogen and oxygen atoms in total. The molecule has 1 fully saturated rings. The quantitative estimate of drug-likeness (QED) is 0.870. The number of aryl methyl sites for hydroxylation is 2. The molecule has 1 aliphatic heterocycles.